The molecule has 0 saturated heterocycles. The van der Waals surface area contributed by atoms with Crippen molar-refractivity contribution in [2.45, 2.75) is 6.54 Å². The van der Waals surface area contributed by atoms with Crippen molar-refractivity contribution in [2.24, 2.45) is 5.10 Å². The summed E-state index contributed by atoms with van der Waals surface area (Å²) in [6.45, 7) is 0.891. The van der Waals surface area contributed by atoms with Crippen LogP contribution in [0.2, 0.25) is 5.02 Å². The molecular weight excluding hydrogens is 386 g/mol. The molecule has 0 radical (unpaired) electrons. The summed E-state index contributed by atoms with van der Waals surface area (Å²) in [5.74, 6) is 0.919. The molecule has 29 heavy (non-hydrogen) atoms. The number of anilines is 3. The van der Waals surface area contributed by atoms with Crippen LogP contribution in [0, 0.1) is 5.41 Å². The largest absolute Gasteiger partial charge is 0.339 e. The maximum Gasteiger partial charge on any atom is 0.160 e. The molecule has 7 nitrogen and oxygen atoms in total. The van der Waals surface area contributed by atoms with Crippen LogP contribution >= 0.6 is 11.6 Å². The fourth-order valence-electron chi connectivity index (χ4n) is 2.67. The number of nitrogens with zero attached hydrogens (tertiary/aromatic N) is 4. The molecule has 3 aromatic rings. The molecule has 0 atom stereocenters. The van der Waals surface area contributed by atoms with Gasteiger partial charge in [0.15, 0.2) is 5.82 Å². The van der Waals surface area contributed by atoms with Crippen LogP contribution in [0.25, 0.3) is 0 Å². The van der Waals surface area contributed by atoms with Gasteiger partial charge in [0.2, 0.25) is 0 Å². The maximum atomic E-state index is 7.75. The first-order chi connectivity index (χ1) is 14.0. The van der Waals surface area contributed by atoms with Crippen LogP contribution in [0.15, 0.2) is 60.0 Å². The molecule has 0 spiro atoms. The van der Waals surface area contributed by atoms with Crippen LogP contribution in [0.1, 0.15) is 16.7 Å². The minimum atomic E-state index is 0.431. The van der Waals surface area contributed by atoms with Gasteiger partial charge in [0.1, 0.15) is 12.1 Å². The molecule has 0 fully saturated rings. The first kappa shape index (κ1) is 20.4. The van der Waals surface area contributed by atoms with E-state index in [0.29, 0.717) is 22.2 Å². The zero-order chi connectivity index (χ0) is 20.6. The summed E-state index contributed by atoms with van der Waals surface area (Å²) >= 11 is 6.03. The van der Waals surface area contributed by atoms with Crippen molar-refractivity contribution in [1.29, 1.82) is 5.41 Å². The molecule has 0 aliphatic rings. The molecule has 8 heteroatoms. The van der Waals surface area contributed by atoms with Gasteiger partial charge in [-0.3, -0.25) is 5.43 Å². The van der Waals surface area contributed by atoms with Crippen LogP contribution < -0.4 is 10.7 Å². The lowest BCUT2D eigenvalue weighted by molar-refractivity contribution is 0.402. The van der Waals surface area contributed by atoms with Crippen molar-refractivity contribution in [3.8, 4) is 0 Å². The lowest BCUT2D eigenvalue weighted by atomic mass is 10.1. The van der Waals surface area contributed by atoms with Crippen LogP contribution in [0.3, 0.4) is 0 Å². The van der Waals surface area contributed by atoms with Crippen molar-refractivity contribution in [3.05, 3.63) is 76.6 Å². The molecule has 0 aliphatic carbocycles. The first-order valence-corrected chi connectivity index (χ1v) is 9.34. The van der Waals surface area contributed by atoms with E-state index < -0.39 is 0 Å². The third kappa shape index (κ3) is 5.84. The van der Waals surface area contributed by atoms with Gasteiger partial charge in [-0.05, 0) is 43.4 Å². The second kappa shape index (κ2) is 9.77. The van der Waals surface area contributed by atoms with Gasteiger partial charge in [-0.2, -0.15) is 5.10 Å². The Morgan fingerprint density at radius 3 is 2.55 bits per heavy atom. The lowest BCUT2D eigenvalue weighted by Gasteiger charge is -2.11. The maximum absolute atomic E-state index is 7.75. The Morgan fingerprint density at radius 2 is 1.86 bits per heavy atom. The Balaban J connectivity index is 1.72. The van der Waals surface area contributed by atoms with E-state index in [-0.39, 0.29) is 0 Å². The molecule has 0 bridgehead atoms. The molecule has 148 valence electrons. The molecular formula is C21H22ClN7. The van der Waals surface area contributed by atoms with Crippen LogP contribution in [-0.2, 0) is 6.54 Å². The molecule has 1 aromatic heterocycles. The minimum Gasteiger partial charge on any atom is -0.339 e. The number of halogens is 1. The Kier molecular flexibility index (Phi) is 6.89. The van der Waals surface area contributed by atoms with E-state index in [9.17, 15) is 0 Å². The zero-order valence-electron chi connectivity index (χ0n) is 16.2. The third-order valence-corrected chi connectivity index (χ3v) is 4.21. The molecule has 0 unspecified atom stereocenters. The molecule has 0 amide bonds. The number of nitrogens with one attached hydrogen (secondary N) is 3. The highest BCUT2D eigenvalue weighted by atomic mass is 35.5. The Bertz CT molecular complexity index is 1000. The van der Waals surface area contributed by atoms with E-state index in [1.807, 2.05) is 38.4 Å². The molecule has 0 saturated carbocycles. The number of rotatable bonds is 8. The SMILES string of the molecule is CN(C)Cc1ccc(/C=N/Nc2ncnc(Nc3cccc(Cl)c3)c2C=N)cc1. The quantitative estimate of drug-likeness (QED) is 0.381. The number of hydrogen-bond donors (Lipinski definition) is 3. The zero-order valence-corrected chi connectivity index (χ0v) is 17.0. The van der Waals surface area contributed by atoms with Gasteiger partial charge in [0.05, 0.1) is 11.8 Å². The van der Waals surface area contributed by atoms with E-state index in [1.165, 1.54) is 18.1 Å². The van der Waals surface area contributed by atoms with Gasteiger partial charge in [-0.15, -0.1) is 0 Å². The second-order valence-electron chi connectivity index (χ2n) is 6.61. The molecule has 3 rings (SSSR count). The average Bonchev–Trinajstić information content (AvgIpc) is 2.69. The number of aromatic nitrogens is 2. The van der Waals surface area contributed by atoms with E-state index in [0.717, 1.165) is 17.8 Å². The van der Waals surface area contributed by atoms with E-state index >= 15 is 0 Å². The van der Waals surface area contributed by atoms with E-state index in [2.05, 4.69) is 42.8 Å². The van der Waals surface area contributed by atoms with Crippen LogP contribution in [-0.4, -0.2) is 41.4 Å². The van der Waals surface area contributed by atoms with Crippen molar-refractivity contribution >= 4 is 41.4 Å². The highest BCUT2D eigenvalue weighted by molar-refractivity contribution is 6.30. The van der Waals surface area contributed by atoms with Gasteiger partial charge in [-0.25, -0.2) is 9.97 Å². The minimum absolute atomic E-state index is 0.431. The first-order valence-electron chi connectivity index (χ1n) is 8.96. The van der Waals surface area contributed by atoms with E-state index in [4.69, 9.17) is 17.0 Å². The summed E-state index contributed by atoms with van der Waals surface area (Å²) in [7, 11) is 4.08. The lowest BCUT2D eigenvalue weighted by Crippen LogP contribution is -2.10. The smallest absolute Gasteiger partial charge is 0.160 e. The fraction of sp³-hybridized carbons (Fsp3) is 0.143. The third-order valence-electron chi connectivity index (χ3n) is 3.98. The average molecular weight is 408 g/mol. The van der Waals surface area contributed by atoms with Crippen LogP contribution in [0.4, 0.5) is 17.3 Å². The number of benzene rings is 2. The van der Waals surface area contributed by atoms with Gasteiger partial charge < -0.3 is 15.6 Å². The normalized spacial score (nSPS) is 11.0. The van der Waals surface area contributed by atoms with Crippen molar-refractivity contribution in [2.75, 3.05) is 24.8 Å². The summed E-state index contributed by atoms with van der Waals surface area (Å²) in [5.41, 5.74) is 6.35. The van der Waals surface area contributed by atoms with Gasteiger partial charge in [0.25, 0.3) is 0 Å². The standard InChI is InChI=1S/C21H22ClN7/c1-29(2)13-16-8-6-15(7-9-16)12-26-28-21-19(11-23)20(24-14-25-21)27-18-5-3-4-17(22)10-18/h3-12,14,23H,13H2,1-2H3,(H2,24,25,27,28)/b23-11?,26-12+. The Labute approximate surface area is 175 Å². The predicted molar refractivity (Wildman–Crippen MR) is 120 cm³/mol. The topological polar surface area (TPSA) is 89.3 Å². The fourth-order valence-corrected chi connectivity index (χ4v) is 2.86. The van der Waals surface area contributed by atoms with Crippen molar-refractivity contribution in [1.82, 2.24) is 14.9 Å². The Morgan fingerprint density at radius 1 is 1.10 bits per heavy atom. The van der Waals surface area contributed by atoms with Crippen LogP contribution in [0.5, 0.6) is 0 Å². The highest BCUT2D eigenvalue weighted by Crippen LogP contribution is 2.23. The molecule has 3 N–H and O–H groups in total. The summed E-state index contributed by atoms with van der Waals surface area (Å²) in [4.78, 5) is 10.5. The number of hydrogen-bond acceptors (Lipinski definition) is 7. The molecule has 1 heterocycles. The Hall–Kier alpha value is -3.29. The monoisotopic (exact) mass is 407 g/mol. The predicted octanol–water partition coefficient (Wildman–Crippen LogP) is 4.38. The van der Waals surface area contributed by atoms with Gasteiger partial charge in [0, 0.05) is 23.5 Å². The second-order valence-corrected chi connectivity index (χ2v) is 7.05. The van der Waals surface area contributed by atoms with Crippen molar-refractivity contribution < 1.29 is 0 Å². The molecule has 0 aliphatic heterocycles. The molecule has 2 aromatic carbocycles. The highest BCUT2D eigenvalue weighted by Gasteiger charge is 2.09. The summed E-state index contributed by atoms with van der Waals surface area (Å²) < 4.78 is 0. The summed E-state index contributed by atoms with van der Waals surface area (Å²) in [6, 6.07) is 15.4. The van der Waals surface area contributed by atoms with Gasteiger partial charge in [-0.1, -0.05) is 41.9 Å². The summed E-state index contributed by atoms with van der Waals surface area (Å²) in [5, 5.41) is 15.8. The van der Waals surface area contributed by atoms with E-state index in [1.54, 1.807) is 18.3 Å². The summed E-state index contributed by atoms with van der Waals surface area (Å²) in [6.07, 6.45) is 4.30. The number of hydrazone groups is 1. The van der Waals surface area contributed by atoms with Gasteiger partial charge >= 0.3 is 0 Å². The van der Waals surface area contributed by atoms with Crippen molar-refractivity contribution in [3.63, 3.8) is 0 Å².